The molecule has 0 radical (unpaired) electrons. The third-order valence-corrected chi connectivity index (χ3v) is 2.78. The normalized spacial score (nSPS) is 12.9. The lowest BCUT2D eigenvalue weighted by molar-refractivity contribution is 0.612. The molecule has 17 heavy (non-hydrogen) atoms. The van der Waals surface area contributed by atoms with Gasteiger partial charge in [-0.15, -0.1) is 5.10 Å². The van der Waals surface area contributed by atoms with E-state index in [4.69, 9.17) is 5.73 Å². The summed E-state index contributed by atoms with van der Waals surface area (Å²) in [4.78, 5) is 4.07. The van der Waals surface area contributed by atoms with Gasteiger partial charge in [0.2, 0.25) is 0 Å². The summed E-state index contributed by atoms with van der Waals surface area (Å²) in [5.74, 6) is 0. The Morgan fingerprint density at radius 2 is 2.29 bits per heavy atom. The van der Waals surface area contributed by atoms with Gasteiger partial charge < -0.3 is 10.3 Å². The second kappa shape index (κ2) is 5.09. The fourth-order valence-corrected chi connectivity index (χ4v) is 1.72. The second-order valence-corrected chi connectivity index (χ2v) is 4.23. The number of hydrogen-bond donors (Lipinski definition) is 1. The Bertz CT molecular complexity index is 472. The van der Waals surface area contributed by atoms with Gasteiger partial charge in [-0.3, -0.25) is 0 Å². The van der Waals surface area contributed by atoms with Crippen molar-refractivity contribution in [3.8, 4) is 0 Å². The van der Waals surface area contributed by atoms with Crippen LogP contribution in [-0.4, -0.2) is 24.5 Å². The number of aryl methyl sites for hydroxylation is 1. The van der Waals surface area contributed by atoms with Crippen molar-refractivity contribution < 1.29 is 0 Å². The molecule has 0 aromatic carbocycles. The Hall–Kier alpha value is -1.69. The molecule has 0 saturated heterocycles. The van der Waals surface area contributed by atoms with Crippen LogP contribution in [0.2, 0.25) is 0 Å². The number of rotatable bonds is 5. The lowest BCUT2D eigenvalue weighted by Crippen LogP contribution is -2.10. The van der Waals surface area contributed by atoms with E-state index >= 15 is 0 Å². The van der Waals surface area contributed by atoms with Gasteiger partial charge in [0.05, 0.1) is 42.7 Å². The first-order chi connectivity index (χ1) is 8.20. The first-order valence-electron chi connectivity index (χ1n) is 5.81. The van der Waals surface area contributed by atoms with E-state index in [1.165, 1.54) is 0 Å². The van der Waals surface area contributed by atoms with Crippen LogP contribution in [0.3, 0.4) is 0 Å². The molecule has 92 valence electrons. The molecule has 0 fully saturated rings. The van der Waals surface area contributed by atoms with Gasteiger partial charge in [-0.25, -0.2) is 9.67 Å². The highest BCUT2D eigenvalue weighted by atomic mass is 15.4. The fourth-order valence-electron chi connectivity index (χ4n) is 1.72. The summed E-state index contributed by atoms with van der Waals surface area (Å²) in [6.07, 6.45) is 7.50. The number of nitrogens with zero attached hydrogens (tertiary/aromatic N) is 5. The van der Waals surface area contributed by atoms with E-state index in [0.29, 0.717) is 6.54 Å². The first kappa shape index (κ1) is 11.8. The highest BCUT2D eigenvalue weighted by Gasteiger charge is 2.10. The molecular weight excluding hydrogens is 216 g/mol. The summed E-state index contributed by atoms with van der Waals surface area (Å²) in [6, 6.07) is -0.0136. The molecule has 1 atom stereocenters. The van der Waals surface area contributed by atoms with Crippen LogP contribution in [-0.2, 0) is 13.6 Å². The van der Waals surface area contributed by atoms with Crippen molar-refractivity contribution in [2.75, 3.05) is 0 Å². The standard InChI is InChI=1S/C11H18N6/c1-3-4-10(12)11-7-17(15-14-11)6-9-5-13-8-16(9)2/h5,7-8,10H,3-4,6,12H2,1-2H3. The lowest BCUT2D eigenvalue weighted by Gasteiger charge is -2.04. The molecule has 2 heterocycles. The predicted octanol–water partition coefficient (Wildman–Crippen LogP) is 0.860. The Morgan fingerprint density at radius 3 is 2.94 bits per heavy atom. The molecule has 1 unspecified atom stereocenters. The van der Waals surface area contributed by atoms with Crippen molar-refractivity contribution >= 4 is 0 Å². The molecule has 0 aliphatic heterocycles. The molecular formula is C11H18N6. The van der Waals surface area contributed by atoms with Crippen LogP contribution in [0.5, 0.6) is 0 Å². The summed E-state index contributed by atoms with van der Waals surface area (Å²) < 4.78 is 3.76. The van der Waals surface area contributed by atoms with Crippen molar-refractivity contribution in [3.63, 3.8) is 0 Å². The molecule has 0 bridgehead atoms. The van der Waals surface area contributed by atoms with Gasteiger partial charge in [0.25, 0.3) is 0 Å². The molecule has 0 amide bonds. The van der Waals surface area contributed by atoms with Gasteiger partial charge in [0.15, 0.2) is 0 Å². The molecule has 2 aromatic heterocycles. The largest absolute Gasteiger partial charge is 0.336 e. The first-order valence-corrected chi connectivity index (χ1v) is 5.81. The van der Waals surface area contributed by atoms with E-state index in [1.54, 1.807) is 11.0 Å². The SMILES string of the molecule is CCCC(N)c1cn(Cc2cncn2C)nn1. The number of hydrogen-bond acceptors (Lipinski definition) is 4. The van der Waals surface area contributed by atoms with E-state index in [2.05, 4.69) is 22.2 Å². The fraction of sp³-hybridized carbons (Fsp3) is 0.545. The van der Waals surface area contributed by atoms with Crippen LogP contribution in [0.15, 0.2) is 18.7 Å². The second-order valence-electron chi connectivity index (χ2n) is 4.23. The third kappa shape index (κ3) is 2.71. The Kier molecular flexibility index (Phi) is 3.53. The zero-order valence-electron chi connectivity index (χ0n) is 10.2. The summed E-state index contributed by atoms with van der Waals surface area (Å²) in [7, 11) is 1.96. The van der Waals surface area contributed by atoms with Crippen molar-refractivity contribution in [3.05, 3.63) is 30.1 Å². The molecule has 2 rings (SSSR count). The molecule has 6 nitrogen and oxygen atoms in total. The molecule has 2 aromatic rings. The van der Waals surface area contributed by atoms with Gasteiger partial charge in [0, 0.05) is 7.05 Å². The lowest BCUT2D eigenvalue weighted by atomic mass is 10.1. The third-order valence-electron chi connectivity index (χ3n) is 2.78. The average Bonchev–Trinajstić information content (AvgIpc) is 2.90. The van der Waals surface area contributed by atoms with Crippen molar-refractivity contribution in [1.82, 2.24) is 24.5 Å². The monoisotopic (exact) mass is 234 g/mol. The van der Waals surface area contributed by atoms with Crippen LogP contribution < -0.4 is 5.73 Å². The Balaban J connectivity index is 2.06. The summed E-state index contributed by atoms with van der Waals surface area (Å²) in [5.41, 5.74) is 7.93. The number of aromatic nitrogens is 5. The van der Waals surface area contributed by atoms with Gasteiger partial charge in [-0.2, -0.15) is 0 Å². The highest BCUT2D eigenvalue weighted by molar-refractivity contribution is 5.03. The summed E-state index contributed by atoms with van der Waals surface area (Å²) in [6.45, 7) is 2.78. The molecule has 6 heteroatoms. The van der Waals surface area contributed by atoms with Crippen molar-refractivity contribution in [1.29, 1.82) is 0 Å². The predicted molar refractivity (Wildman–Crippen MR) is 64.2 cm³/mol. The van der Waals surface area contributed by atoms with E-state index in [0.717, 1.165) is 24.2 Å². The smallest absolute Gasteiger partial charge is 0.0994 e. The zero-order chi connectivity index (χ0) is 12.3. The van der Waals surface area contributed by atoms with Crippen LogP contribution in [0, 0.1) is 0 Å². The highest BCUT2D eigenvalue weighted by Crippen LogP contribution is 2.12. The van der Waals surface area contributed by atoms with E-state index in [9.17, 15) is 0 Å². The molecule has 0 aliphatic carbocycles. The van der Waals surface area contributed by atoms with Crippen LogP contribution in [0.4, 0.5) is 0 Å². The molecule has 0 aliphatic rings. The van der Waals surface area contributed by atoms with Crippen LogP contribution >= 0.6 is 0 Å². The quantitative estimate of drug-likeness (QED) is 0.832. The zero-order valence-corrected chi connectivity index (χ0v) is 10.2. The topological polar surface area (TPSA) is 74.6 Å². The van der Waals surface area contributed by atoms with Gasteiger partial charge in [-0.05, 0) is 6.42 Å². The maximum atomic E-state index is 5.99. The maximum Gasteiger partial charge on any atom is 0.0994 e. The number of imidazole rings is 1. The Morgan fingerprint density at radius 1 is 1.47 bits per heavy atom. The van der Waals surface area contributed by atoms with Gasteiger partial charge >= 0.3 is 0 Å². The summed E-state index contributed by atoms with van der Waals surface area (Å²) >= 11 is 0. The molecule has 2 N–H and O–H groups in total. The molecule has 0 saturated carbocycles. The van der Waals surface area contributed by atoms with Gasteiger partial charge in [0.1, 0.15) is 0 Å². The van der Waals surface area contributed by atoms with Crippen LogP contribution in [0.25, 0.3) is 0 Å². The molecule has 0 spiro atoms. The van der Waals surface area contributed by atoms with Crippen molar-refractivity contribution in [2.45, 2.75) is 32.4 Å². The van der Waals surface area contributed by atoms with Crippen LogP contribution in [0.1, 0.15) is 37.2 Å². The number of nitrogens with two attached hydrogens (primary N) is 1. The average molecular weight is 234 g/mol. The summed E-state index contributed by atoms with van der Waals surface area (Å²) in [5, 5.41) is 8.18. The van der Waals surface area contributed by atoms with Gasteiger partial charge in [-0.1, -0.05) is 18.6 Å². The maximum absolute atomic E-state index is 5.99. The van der Waals surface area contributed by atoms with E-state index in [-0.39, 0.29) is 6.04 Å². The minimum absolute atomic E-state index is 0.0136. The van der Waals surface area contributed by atoms with E-state index < -0.39 is 0 Å². The van der Waals surface area contributed by atoms with E-state index in [1.807, 2.05) is 24.0 Å². The Labute approximate surface area is 100 Å². The minimum atomic E-state index is -0.0136. The van der Waals surface area contributed by atoms with Crippen molar-refractivity contribution in [2.24, 2.45) is 12.8 Å². The minimum Gasteiger partial charge on any atom is -0.336 e.